The molecule has 110 valence electrons. The van der Waals surface area contributed by atoms with E-state index in [1.54, 1.807) is 17.9 Å². The van der Waals surface area contributed by atoms with Gasteiger partial charge in [-0.2, -0.15) is 0 Å². The molecule has 0 radical (unpaired) electrons. The first kappa shape index (κ1) is 15.9. The summed E-state index contributed by atoms with van der Waals surface area (Å²) in [5.74, 6) is -0.344. The molecular formula is C13H19N3O4. The van der Waals surface area contributed by atoms with Crippen LogP contribution in [0, 0.1) is 0 Å². The van der Waals surface area contributed by atoms with Crippen LogP contribution in [0.5, 0.6) is 0 Å². The summed E-state index contributed by atoms with van der Waals surface area (Å²) in [5.41, 5.74) is 0.129. The van der Waals surface area contributed by atoms with E-state index in [2.05, 4.69) is 14.9 Å². The van der Waals surface area contributed by atoms with Gasteiger partial charge >= 0.3 is 11.9 Å². The monoisotopic (exact) mass is 281 g/mol. The molecular weight excluding hydrogens is 262 g/mol. The summed E-state index contributed by atoms with van der Waals surface area (Å²) < 4.78 is 9.47. The summed E-state index contributed by atoms with van der Waals surface area (Å²) in [4.78, 5) is 24.6. The number of hydrogen-bond acceptors (Lipinski definition) is 7. The maximum absolute atomic E-state index is 11.5. The SMILES string of the molecule is CCCN(CC(=O)OCC)c1ccc(C(=O)OC)nn1. The van der Waals surface area contributed by atoms with Crippen molar-refractivity contribution < 1.29 is 19.1 Å². The fourth-order valence-electron chi connectivity index (χ4n) is 1.61. The summed E-state index contributed by atoms with van der Waals surface area (Å²) >= 11 is 0. The van der Waals surface area contributed by atoms with Crippen LogP contribution in [0.15, 0.2) is 12.1 Å². The summed E-state index contributed by atoms with van der Waals surface area (Å²) in [6.07, 6.45) is 0.847. The van der Waals surface area contributed by atoms with Gasteiger partial charge in [0.05, 0.1) is 13.7 Å². The van der Waals surface area contributed by atoms with Gasteiger partial charge in [0.15, 0.2) is 11.5 Å². The molecule has 0 saturated carbocycles. The van der Waals surface area contributed by atoms with Crippen LogP contribution in [-0.4, -0.2) is 48.9 Å². The van der Waals surface area contributed by atoms with Gasteiger partial charge in [0.1, 0.15) is 6.54 Å². The van der Waals surface area contributed by atoms with Gasteiger partial charge in [-0.05, 0) is 25.5 Å². The minimum Gasteiger partial charge on any atom is -0.465 e. The van der Waals surface area contributed by atoms with Crippen LogP contribution in [0.2, 0.25) is 0 Å². The summed E-state index contributed by atoms with van der Waals surface area (Å²) in [5, 5.41) is 7.73. The highest BCUT2D eigenvalue weighted by atomic mass is 16.5. The first-order valence-corrected chi connectivity index (χ1v) is 6.45. The number of rotatable bonds is 7. The first-order valence-electron chi connectivity index (χ1n) is 6.45. The van der Waals surface area contributed by atoms with Gasteiger partial charge in [0, 0.05) is 6.54 Å². The van der Waals surface area contributed by atoms with Gasteiger partial charge in [-0.3, -0.25) is 4.79 Å². The van der Waals surface area contributed by atoms with Gasteiger partial charge in [0.25, 0.3) is 0 Å². The number of aromatic nitrogens is 2. The molecule has 0 bridgehead atoms. The van der Waals surface area contributed by atoms with E-state index in [0.29, 0.717) is 19.0 Å². The number of carbonyl (C=O) groups excluding carboxylic acids is 2. The third-order valence-electron chi connectivity index (χ3n) is 2.49. The van der Waals surface area contributed by atoms with Crippen molar-refractivity contribution >= 4 is 17.8 Å². The Hall–Kier alpha value is -2.18. The van der Waals surface area contributed by atoms with E-state index in [4.69, 9.17) is 4.74 Å². The summed E-state index contributed by atoms with van der Waals surface area (Å²) in [7, 11) is 1.28. The number of esters is 2. The van der Waals surface area contributed by atoms with Gasteiger partial charge in [-0.15, -0.1) is 10.2 Å². The second-order valence-electron chi connectivity index (χ2n) is 3.99. The summed E-state index contributed by atoms with van der Waals surface area (Å²) in [6, 6.07) is 3.15. The van der Waals surface area contributed by atoms with Crippen LogP contribution < -0.4 is 4.90 Å². The lowest BCUT2D eigenvalue weighted by Crippen LogP contribution is -2.32. The average molecular weight is 281 g/mol. The van der Waals surface area contributed by atoms with Crippen LogP contribution >= 0.6 is 0 Å². The van der Waals surface area contributed by atoms with E-state index in [9.17, 15) is 9.59 Å². The molecule has 0 spiro atoms. The lowest BCUT2D eigenvalue weighted by atomic mass is 10.3. The van der Waals surface area contributed by atoms with Crippen molar-refractivity contribution in [3.63, 3.8) is 0 Å². The highest BCUT2D eigenvalue weighted by Crippen LogP contribution is 2.10. The van der Waals surface area contributed by atoms with E-state index in [1.807, 2.05) is 6.92 Å². The van der Waals surface area contributed by atoms with Crippen molar-refractivity contribution in [2.75, 3.05) is 31.7 Å². The molecule has 0 aliphatic heterocycles. The molecule has 1 aromatic rings. The second kappa shape index (κ2) is 8.08. The van der Waals surface area contributed by atoms with Crippen molar-refractivity contribution in [3.8, 4) is 0 Å². The maximum Gasteiger partial charge on any atom is 0.358 e. The quantitative estimate of drug-likeness (QED) is 0.691. The number of hydrogen-bond donors (Lipinski definition) is 0. The van der Waals surface area contributed by atoms with Crippen molar-refractivity contribution in [2.45, 2.75) is 20.3 Å². The topological polar surface area (TPSA) is 81.6 Å². The number of ether oxygens (including phenoxy) is 2. The fraction of sp³-hybridized carbons (Fsp3) is 0.538. The van der Waals surface area contributed by atoms with Gasteiger partial charge in [-0.25, -0.2) is 4.79 Å². The van der Waals surface area contributed by atoms with Crippen molar-refractivity contribution in [2.24, 2.45) is 0 Å². The lowest BCUT2D eigenvalue weighted by Gasteiger charge is -2.21. The van der Waals surface area contributed by atoms with Crippen LogP contribution in [0.25, 0.3) is 0 Å². The predicted molar refractivity (Wildman–Crippen MR) is 72.5 cm³/mol. The van der Waals surface area contributed by atoms with E-state index >= 15 is 0 Å². The molecule has 0 aliphatic carbocycles. The minimum atomic E-state index is -0.545. The molecule has 20 heavy (non-hydrogen) atoms. The zero-order chi connectivity index (χ0) is 15.0. The Morgan fingerprint density at radius 1 is 1.25 bits per heavy atom. The zero-order valence-electron chi connectivity index (χ0n) is 12.0. The molecule has 0 fully saturated rings. The van der Waals surface area contributed by atoms with Crippen LogP contribution in [0.3, 0.4) is 0 Å². The van der Waals surface area contributed by atoms with Crippen LogP contribution in [-0.2, 0) is 14.3 Å². The second-order valence-corrected chi connectivity index (χ2v) is 3.99. The molecule has 1 rings (SSSR count). The highest BCUT2D eigenvalue weighted by Gasteiger charge is 2.15. The average Bonchev–Trinajstić information content (AvgIpc) is 2.46. The first-order chi connectivity index (χ1) is 9.62. The third-order valence-corrected chi connectivity index (χ3v) is 2.49. The predicted octanol–water partition coefficient (Wildman–Crippen LogP) is 1.04. The highest BCUT2D eigenvalue weighted by molar-refractivity contribution is 5.87. The normalized spacial score (nSPS) is 9.95. The Morgan fingerprint density at radius 3 is 2.50 bits per heavy atom. The number of carbonyl (C=O) groups is 2. The molecule has 7 heteroatoms. The summed E-state index contributed by atoms with van der Waals surface area (Å²) in [6.45, 7) is 4.84. The van der Waals surface area contributed by atoms with Crippen molar-refractivity contribution in [1.29, 1.82) is 0 Å². The lowest BCUT2D eigenvalue weighted by molar-refractivity contribution is -0.141. The molecule has 1 heterocycles. The van der Waals surface area contributed by atoms with E-state index in [-0.39, 0.29) is 18.2 Å². The molecule has 0 atom stereocenters. The van der Waals surface area contributed by atoms with Gasteiger partial charge < -0.3 is 14.4 Å². The largest absolute Gasteiger partial charge is 0.465 e. The Labute approximate surface area is 117 Å². The van der Waals surface area contributed by atoms with E-state index in [0.717, 1.165) is 6.42 Å². The Bertz CT molecular complexity index is 447. The van der Waals surface area contributed by atoms with Crippen LogP contribution in [0.1, 0.15) is 30.8 Å². The standard InChI is InChI=1S/C13H19N3O4/c1-4-8-16(9-12(17)20-5-2)11-7-6-10(14-15-11)13(18)19-3/h6-7H,4-5,8-9H2,1-3H3. The van der Waals surface area contributed by atoms with E-state index in [1.165, 1.54) is 13.2 Å². The molecule has 0 amide bonds. The number of nitrogens with zero attached hydrogens (tertiary/aromatic N) is 3. The third kappa shape index (κ3) is 4.49. The van der Waals surface area contributed by atoms with E-state index < -0.39 is 5.97 Å². The number of methoxy groups -OCH3 is 1. The zero-order valence-corrected chi connectivity index (χ0v) is 12.0. The molecule has 0 unspecified atom stereocenters. The Balaban J connectivity index is 2.81. The Morgan fingerprint density at radius 2 is 2.00 bits per heavy atom. The Kier molecular flexibility index (Phi) is 6.42. The smallest absolute Gasteiger partial charge is 0.358 e. The molecule has 0 saturated heterocycles. The van der Waals surface area contributed by atoms with Gasteiger partial charge in [-0.1, -0.05) is 6.92 Å². The van der Waals surface area contributed by atoms with Crippen LogP contribution in [0.4, 0.5) is 5.82 Å². The molecule has 7 nitrogen and oxygen atoms in total. The minimum absolute atomic E-state index is 0.105. The van der Waals surface area contributed by atoms with Gasteiger partial charge in [0.2, 0.25) is 0 Å². The maximum atomic E-state index is 11.5. The van der Waals surface area contributed by atoms with Crippen molar-refractivity contribution in [3.05, 3.63) is 17.8 Å². The molecule has 1 aromatic heterocycles. The molecule has 0 N–H and O–H groups in total. The molecule has 0 aliphatic rings. The molecule has 0 aromatic carbocycles. The number of anilines is 1. The fourth-order valence-corrected chi connectivity index (χ4v) is 1.61. The van der Waals surface area contributed by atoms with Crippen molar-refractivity contribution in [1.82, 2.24) is 10.2 Å².